The molecule has 0 radical (unpaired) electrons. The Morgan fingerprint density at radius 3 is 2.45 bits per heavy atom. The van der Waals surface area contributed by atoms with E-state index in [2.05, 4.69) is 0 Å². The molecule has 0 atom stereocenters. The number of carbonyl (C=O) groups excluding carboxylic acids is 1. The number of para-hydroxylation sites is 1. The molecular weight excluding hydrogens is 276 g/mol. The summed E-state index contributed by atoms with van der Waals surface area (Å²) in [5.74, 6) is 1.24. The van der Waals surface area contributed by atoms with E-state index in [0.29, 0.717) is 17.1 Å². The minimum absolute atomic E-state index is 0.0256. The zero-order chi connectivity index (χ0) is 16.1. The van der Waals surface area contributed by atoms with Crippen molar-refractivity contribution in [2.75, 3.05) is 14.2 Å². The van der Waals surface area contributed by atoms with Crippen molar-refractivity contribution in [3.63, 3.8) is 0 Å². The first-order valence-electron chi connectivity index (χ1n) is 7.07. The minimum atomic E-state index is -0.0256. The Morgan fingerprint density at radius 1 is 1.05 bits per heavy atom. The molecule has 0 unspecified atom stereocenters. The number of aryl methyl sites for hydroxylation is 2. The second-order valence-electron chi connectivity index (χ2n) is 5.10. The van der Waals surface area contributed by atoms with Gasteiger partial charge in [0.05, 0.1) is 14.2 Å². The van der Waals surface area contributed by atoms with Gasteiger partial charge in [0, 0.05) is 11.1 Å². The van der Waals surface area contributed by atoms with E-state index in [1.165, 1.54) is 0 Å². The van der Waals surface area contributed by atoms with Gasteiger partial charge in [0.2, 0.25) is 0 Å². The Kier molecular flexibility index (Phi) is 4.99. The van der Waals surface area contributed by atoms with Gasteiger partial charge in [0.1, 0.15) is 0 Å². The number of carbonyl (C=O) groups is 1. The number of hydrogen-bond donors (Lipinski definition) is 0. The fourth-order valence-electron chi connectivity index (χ4n) is 2.39. The maximum Gasteiger partial charge on any atom is 0.186 e. The van der Waals surface area contributed by atoms with Crippen LogP contribution in [0.1, 0.15) is 27.0 Å². The fraction of sp³-hybridized carbons (Fsp3) is 0.211. The SMILES string of the molecule is COc1cccc(C=CC(=O)c2ccc(C)cc2C)c1OC. The van der Waals surface area contributed by atoms with Crippen LogP contribution in [0.15, 0.2) is 42.5 Å². The molecule has 0 aliphatic carbocycles. The van der Waals surface area contributed by atoms with E-state index in [4.69, 9.17) is 9.47 Å². The Morgan fingerprint density at radius 2 is 1.82 bits per heavy atom. The summed E-state index contributed by atoms with van der Waals surface area (Å²) < 4.78 is 10.6. The quantitative estimate of drug-likeness (QED) is 0.612. The maximum atomic E-state index is 12.3. The zero-order valence-corrected chi connectivity index (χ0v) is 13.3. The van der Waals surface area contributed by atoms with Crippen LogP contribution in [-0.2, 0) is 0 Å². The van der Waals surface area contributed by atoms with Crippen molar-refractivity contribution in [1.82, 2.24) is 0 Å². The van der Waals surface area contributed by atoms with E-state index >= 15 is 0 Å². The molecule has 114 valence electrons. The van der Waals surface area contributed by atoms with Crippen molar-refractivity contribution in [3.05, 3.63) is 64.7 Å². The third kappa shape index (κ3) is 3.37. The van der Waals surface area contributed by atoms with Crippen molar-refractivity contribution in [3.8, 4) is 11.5 Å². The first kappa shape index (κ1) is 15.8. The van der Waals surface area contributed by atoms with E-state index in [9.17, 15) is 4.79 Å². The number of methoxy groups -OCH3 is 2. The lowest BCUT2D eigenvalue weighted by molar-refractivity contribution is 0.104. The van der Waals surface area contributed by atoms with Crippen molar-refractivity contribution in [2.24, 2.45) is 0 Å². The van der Waals surface area contributed by atoms with E-state index < -0.39 is 0 Å². The topological polar surface area (TPSA) is 35.5 Å². The highest BCUT2D eigenvalue weighted by Crippen LogP contribution is 2.31. The van der Waals surface area contributed by atoms with Crippen LogP contribution < -0.4 is 9.47 Å². The van der Waals surface area contributed by atoms with Crippen LogP contribution in [0, 0.1) is 13.8 Å². The molecule has 3 heteroatoms. The number of ketones is 1. The number of allylic oxidation sites excluding steroid dienone is 1. The zero-order valence-electron chi connectivity index (χ0n) is 13.3. The van der Waals surface area contributed by atoms with E-state index in [-0.39, 0.29) is 5.78 Å². The Hall–Kier alpha value is -2.55. The van der Waals surface area contributed by atoms with Gasteiger partial charge in [-0.1, -0.05) is 35.9 Å². The van der Waals surface area contributed by atoms with Crippen molar-refractivity contribution < 1.29 is 14.3 Å². The van der Waals surface area contributed by atoms with Crippen LogP contribution in [0.5, 0.6) is 11.5 Å². The number of hydrogen-bond acceptors (Lipinski definition) is 3. The summed E-state index contributed by atoms with van der Waals surface area (Å²) in [6.45, 7) is 3.96. The van der Waals surface area contributed by atoms with E-state index in [1.807, 2.05) is 50.2 Å². The van der Waals surface area contributed by atoms with Crippen LogP contribution in [0.4, 0.5) is 0 Å². The van der Waals surface area contributed by atoms with E-state index in [0.717, 1.165) is 16.7 Å². The summed E-state index contributed by atoms with van der Waals surface area (Å²) in [5.41, 5.74) is 3.64. The standard InChI is InChI=1S/C19H20O3/c1-13-8-10-16(14(2)12-13)17(20)11-9-15-6-5-7-18(21-3)19(15)22-4/h5-12H,1-4H3. The number of benzene rings is 2. The number of rotatable bonds is 5. The molecule has 22 heavy (non-hydrogen) atoms. The summed E-state index contributed by atoms with van der Waals surface area (Å²) in [4.78, 5) is 12.3. The first-order valence-corrected chi connectivity index (χ1v) is 7.07. The van der Waals surface area contributed by atoms with Gasteiger partial charge in [-0.25, -0.2) is 0 Å². The largest absolute Gasteiger partial charge is 0.493 e. The van der Waals surface area contributed by atoms with E-state index in [1.54, 1.807) is 26.4 Å². The molecule has 2 aromatic rings. The Labute approximate surface area is 131 Å². The highest BCUT2D eigenvalue weighted by molar-refractivity contribution is 6.07. The predicted molar refractivity (Wildman–Crippen MR) is 88.8 cm³/mol. The van der Waals surface area contributed by atoms with Crippen LogP contribution in [0.2, 0.25) is 0 Å². The molecule has 0 N–H and O–H groups in total. The highest BCUT2D eigenvalue weighted by atomic mass is 16.5. The Bertz CT molecular complexity index is 715. The predicted octanol–water partition coefficient (Wildman–Crippen LogP) is 4.22. The van der Waals surface area contributed by atoms with Gasteiger partial charge >= 0.3 is 0 Å². The average molecular weight is 296 g/mol. The van der Waals surface area contributed by atoms with Gasteiger partial charge in [-0.05, 0) is 37.6 Å². The van der Waals surface area contributed by atoms with Crippen LogP contribution in [0.25, 0.3) is 6.08 Å². The summed E-state index contributed by atoms with van der Waals surface area (Å²) in [5, 5.41) is 0. The number of ether oxygens (including phenoxy) is 2. The lowest BCUT2D eigenvalue weighted by Crippen LogP contribution is -1.98. The van der Waals surface area contributed by atoms with Crippen LogP contribution >= 0.6 is 0 Å². The minimum Gasteiger partial charge on any atom is -0.493 e. The van der Waals surface area contributed by atoms with Gasteiger partial charge in [-0.15, -0.1) is 0 Å². The molecule has 2 rings (SSSR count). The molecule has 0 spiro atoms. The smallest absolute Gasteiger partial charge is 0.186 e. The molecule has 0 amide bonds. The fourth-order valence-corrected chi connectivity index (χ4v) is 2.39. The van der Waals surface area contributed by atoms with Gasteiger partial charge in [-0.3, -0.25) is 4.79 Å². The third-order valence-electron chi connectivity index (χ3n) is 3.50. The summed E-state index contributed by atoms with van der Waals surface area (Å²) in [6.07, 6.45) is 3.32. The molecule has 0 fully saturated rings. The summed E-state index contributed by atoms with van der Waals surface area (Å²) in [6, 6.07) is 11.4. The van der Waals surface area contributed by atoms with Crippen LogP contribution in [0.3, 0.4) is 0 Å². The molecule has 0 aliphatic heterocycles. The highest BCUT2D eigenvalue weighted by Gasteiger charge is 2.09. The lowest BCUT2D eigenvalue weighted by atomic mass is 10.0. The Balaban J connectivity index is 2.30. The van der Waals surface area contributed by atoms with Gasteiger partial charge in [0.25, 0.3) is 0 Å². The van der Waals surface area contributed by atoms with Crippen molar-refractivity contribution in [1.29, 1.82) is 0 Å². The van der Waals surface area contributed by atoms with Gasteiger partial charge in [-0.2, -0.15) is 0 Å². The maximum absolute atomic E-state index is 12.3. The van der Waals surface area contributed by atoms with Gasteiger partial charge < -0.3 is 9.47 Å². The van der Waals surface area contributed by atoms with Crippen molar-refractivity contribution in [2.45, 2.75) is 13.8 Å². The second-order valence-corrected chi connectivity index (χ2v) is 5.10. The first-order chi connectivity index (χ1) is 10.6. The van der Waals surface area contributed by atoms with Crippen molar-refractivity contribution >= 4 is 11.9 Å². The summed E-state index contributed by atoms with van der Waals surface area (Å²) in [7, 11) is 3.17. The monoisotopic (exact) mass is 296 g/mol. The molecule has 0 saturated heterocycles. The molecule has 0 aromatic heterocycles. The third-order valence-corrected chi connectivity index (χ3v) is 3.50. The molecular formula is C19H20O3. The molecule has 0 heterocycles. The average Bonchev–Trinajstić information content (AvgIpc) is 2.51. The van der Waals surface area contributed by atoms with Gasteiger partial charge in [0.15, 0.2) is 17.3 Å². The second kappa shape index (κ2) is 6.94. The molecule has 0 bridgehead atoms. The summed E-state index contributed by atoms with van der Waals surface area (Å²) >= 11 is 0. The molecule has 3 nitrogen and oxygen atoms in total. The normalized spacial score (nSPS) is 10.7. The molecule has 0 aliphatic rings. The lowest BCUT2D eigenvalue weighted by Gasteiger charge is -2.09. The van der Waals surface area contributed by atoms with Crippen LogP contribution in [-0.4, -0.2) is 20.0 Å². The molecule has 0 saturated carbocycles. The molecule has 2 aromatic carbocycles.